The molecule has 0 aliphatic carbocycles. The van der Waals surface area contributed by atoms with Crippen LogP contribution in [0.15, 0.2) is 22.7 Å². The van der Waals surface area contributed by atoms with Crippen LogP contribution in [0.1, 0.15) is 54.7 Å². The maximum absolute atomic E-state index is 13.8. The normalized spacial score (nSPS) is 16.5. The molecule has 0 amide bonds. The molecule has 0 atom stereocenters. The van der Waals surface area contributed by atoms with Gasteiger partial charge in [0, 0.05) is 11.8 Å². The number of piperidine rings is 1. The fourth-order valence-corrected chi connectivity index (χ4v) is 3.02. The molecule has 0 saturated carbocycles. The highest BCUT2D eigenvalue weighted by Crippen LogP contribution is 2.24. The van der Waals surface area contributed by atoms with Crippen molar-refractivity contribution in [3.8, 4) is 0 Å². The van der Waals surface area contributed by atoms with E-state index >= 15 is 0 Å². The first-order valence-electron chi connectivity index (χ1n) is 8.48. The van der Waals surface area contributed by atoms with Gasteiger partial charge in [0.15, 0.2) is 11.6 Å². The number of carbonyl (C=O) groups excluding carboxylic acids is 1. The number of benzene rings is 1. The van der Waals surface area contributed by atoms with Gasteiger partial charge in [-0.3, -0.25) is 9.69 Å². The molecule has 0 unspecified atom stereocenters. The van der Waals surface area contributed by atoms with E-state index in [4.69, 9.17) is 4.52 Å². The van der Waals surface area contributed by atoms with Gasteiger partial charge < -0.3 is 4.52 Å². The van der Waals surface area contributed by atoms with E-state index in [1.54, 1.807) is 0 Å². The molecular weight excluding hydrogens is 328 g/mol. The highest BCUT2D eigenvalue weighted by molar-refractivity contribution is 5.98. The molecule has 3 rings (SSSR count). The van der Waals surface area contributed by atoms with Crippen molar-refractivity contribution in [2.75, 3.05) is 13.1 Å². The molecule has 1 aromatic carbocycles. The van der Waals surface area contributed by atoms with Crippen LogP contribution in [0.2, 0.25) is 0 Å². The van der Waals surface area contributed by atoms with E-state index in [2.05, 4.69) is 15.0 Å². The molecule has 134 valence electrons. The number of halogens is 2. The molecule has 25 heavy (non-hydrogen) atoms. The summed E-state index contributed by atoms with van der Waals surface area (Å²) in [4.78, 5) is 18.9. The van der Waals surface area contributed by atoms with Crippen LogP contribution >= 0.6 is 0 Å². The van der Waals surface area contributed by atoms with Gasteiger partial charge in [-0.1, -0.05) is 19.0 Å². The van der Waals surface area contributed by atoms with Crippen molar-refractivity contribution in [1.29, 1.82) is 0 Å². The van der Waals surface area contributed by atoms with E-state index < -0.39 is 11.6 Å². The van der Waals surface area contributed by atoms with E-state index in [-0.39, 0.29) is 23.2 Å². The van der Waals surface area contributed by atoms with E-state index in [0.29, 0.717) is 44.2 Å². The maximum Gasteiger partial charge on any atom is 0.240 e. The minimum absolute atomic E-state index is 0.156. The number of carbonyl (C=O) groups is 1. The van der Waals surface area contributed by atoms with Crippen LogP contribution in [0.5, 0.6) is 0 Å². The smallest absolute Gasteiger partial charge is 0.240 e. The Hall–Kier alpha value is -2.15. The quantitative estimate of drug-likeness (QED) is 0.773. The first-order valence-corrected chi connectivity index (χ1v) is 8.48. The first kappa shape index (κ1) is 17.7. The second kappa shape index (κ2) is 7.39. The van der Waals surface area contributed by atoms with Gasteiger partial charge in [-0.15, -0.1) is 0 Å². The number of aromatic nitrogens is 2. The van der Waals surface area contributed by atoms with Gasteiger partial charge in [0.1, 0.15) is 11.6 Å². The molecule has 0 N–H and O–H groups in total. The molecule has 1 aromatic heterocycles. The minimum Gasteiger partial charge on any atom is -0.338 e. The van der Waals surface area contributed by atoms with Gasteiger partial charge in [0.2, 0.25) is 5.89 Å². The summed E-state index contributed by atoms with van der Waals surface area (Å²) < 4.78 is 32.3. The van der Waals surface area contributed by atoms with E-state index in [1.165, 1.54) is 0 Å². The summed E-state index contributed by atoms with van der Waals surface area (Å²) in [5.41, 5.74) is -0.156. The number of hydrogen-bond acceptors (Lipinski definition) is 5. The Morgan fingerprint density at radius 2 is 2.04 bits per heavy atom. The molecule has 5 nitrogen and oxygen atoms in total. The van der Waals surface area contributed by atoms with E-state index in [0.717, 1.165) is 18.2 Å². The van der Waals surface area contributed by atoms with Crippen LogP contribution in [0.3, 0.4) is 0 Å². The lowest BCUT2D eigenvalue weighted by molar-refractivity contribution is 0.0820. The van der Waals surface area contributed by atoms with Crippen LogP contribution in [0, 0.1) is 17.6 Å². The average Bonchev–Trinajstić information content (AvgIpc) is 3.06. The van der Waals surface area contributed by atoms with Crippen molar-refractivity contribution >= 4 is 5.78 Å². The number of likely N-dealkylation sites (tertiary alicyclic amines) is 1. The molecular formula is C18H21F2N3O2. The molecule has 0 bridgehead atoms. The summed E-state index contributed by atoms with van der Waals surface area (Å²) in [6.45, 7) is 5.88. The molecule has 1 aliphatic heterocycles. The maximum atomic E-state index is 13.8. The van der Waals surface area contributed by atoms with Gasteiger partial charge in [-0.25, -0.2) is 8.78 Å². The zero-order valence-corrected chi connectivity index (χ0v) is 14.3. The zero-order valence-electron chi connectivity index (χ0n) is 14.3. The predicted molar refractivity (Wildman–Crippen MR) is 87.1 cm³/mol. The third-order valence-electron chi connectivity index (χ3n) is 4.51. The highest BCUT2D eigenvalue weighted by Gasteiger charge is 2.28. The summed E-state index contributed by atoms with van der Waals surface area (Å²) >= 11 is 0. The lowest BCUT2D eigenvalue weighted by atomic mass is 9.88. The Balaban J connectivity index is 1.57. The molecule has 0 spiro atoms. The van der Waals surface area contributed by atoms with Crippen molar-refractivity contribution in [2.45, 2.75) is 39.2 Å². The second-order valence-electron chi connectivity index (χ2n) is 6.74. The molecule has 7 heteroatoms. The number of hydrogen-bond donors (Lipinski definition) is 0. The fourth-order valence-electron chi connectivity index (χ4n) is 3.02. The largest absolute Gasteiger partial charge is 0.338 e. The van der Waals surface area contributed by atoms with Gasteiger partial charge in [0.25, 0.3) is 0 Å². The molecule has 0 radical (unpaired) electrons. The zero-order chi connectivity index (χ0) is 18.0. The SMILES string of the molecule is CC(C)c1noc(CN2CCC(C(=O)c3cc(F)ccc3F)CC2)n1. The van der Waals surface area contributed by atoms with Gasteiger partial charge in [-0.2, -0.15) is 4.98 Å². The summed E-state index contributed by atoms with van der Waals surface area (Å²) in [6.07, 6.45) is 1.19. The topological polar surface area (TPSA) is 59.2 Å². The summed E-state index contributed by atoms with van der Waals surface area (Å²) in [7, 11) is 0. The number of rotatable bonds is 5. The number of ketones is 1. The Morgan fingerprint density at radius 1 is 1.32 bits per heavy atom. The van der Waals surface area contributed by atoms with Crippen LogP contribution in [0.25, 0.3) is 0 Å². The van der Waals surface area contributed by atoms with Crippen molar-refractivity contribution in [1.82, 2.24) is 15.0 Å². The van der Waals surface area contributed by atoms with Crippen molar-refractivity contribution in [2.24, 2.45) is 5.92 Å². The number of nitrogens with zero attached hydrogens (tertiary/aromatic N) is 3. The first-order chi connectivity index (χ1) is 11.9. The molecule has 2 aromatic rings. The van der Waals surface area contributed by atoms with Crippen molar-refractivity contribution in [3.05, 3.63) is 47.1 Å². The number of Topliss-reactive ketones (excluding diaryl/α,β-unsaturated/α-hetero) is 1. The van der Waals surface area contributed by atoms with Gasteiger partial charge >= 0.3 is 0 Å². The third kappa shape index (κ3) is 4.10. The van der Waals surface area contributed by atoms with Gasteiger partial charge in [-0.05, 0) is 44.1 Å². The highest BCUT2D eigenvalue weighted by atomic mass is 19.1. The van der Waals surface area contributed by atoms with Crippen LogP contribution in [0.4, 0.5) is 8.78 Å². The standard InChI is InChI=1S/C18H21F2N3O2/c1-11(2)18-21-16(25-22-18)10-23-7-5-12(6-8-23)17(24)14-9-13(19)3-4-15(14)20/h3-4,9,11-12H,5-8,10H2,1-2H3. The Kier molecular flexibility index (Phi) is 5.22. The van der Waals surface area contributed by atoms with Crippen molar-refractivity contribution < 1.29 is 18.1 Å². The summed E-state index contributed by atoms with van der Waals surface area (Å²) in [5, 5.41) is 3.94. The summed E-state index contributed by atoms with van der Waals surface area (Å²) in [5.74, 6) is -0.424. The van der Waals surface area contributed by atoms with Crippen molar-refractivity contribution in [3.63, 3.8) is 0 Å². The molecule has 1 fully saturated rings. The van der Waals surface area contributed by atoms with E-state index in [9.17, 15) is 13.6 Å². The minimum atomic E-state index is -0.666. The Bertz CT molecular complexity index is 753. The van der Waals surface area contributed by atoms with E-state index in [1.807, 2.05) is 13.8 Å². The Labute approximate surface area is 145 Å². The second-order valence-corrected chi connectivity index (χ2v) is 6.74. The van der Waals surface area contributed by atoms with Crippen LogP contribution < -0.4 is 0 Å². The summed E-state index contributed by atoms with van der Waals surface area (Å²) in [6, 6.07) is 3.00. The lowest BCUT2D eigenvalue weighted by Gasteiger charge is -2.30. The molecule has 1 aliphatic rings. The van der Waals surface area contributed by atoms with Crippen LogP contribution in [-0.2, 0) is 6.54 Å². The molecule has 1 saturated heterocycles. The van der Waals surface area contributed by atoms with Gasteiger partial charge in [0.05, 0.1) is 12.1 Å². The monoisotopic (exact) mass is 349 g/mol. The lowest BCUT2D eigenvalue weighted by Crippen LogP contribution is -2.36. The Morgan fingerprint density at radius 3 is 2.68 bits per heavy atom. The fraction of sp³-hybridized carbons (Fsp3) is 0.500. The predicted octanol–water partition coefficient (Wildman–Crippen LogP) is 3.57. The van der Waals surface area contributed by atoms with Crippen LogP contribution in [-0.4, -0.2) is 33.9 Å². The average molecular weight is 349 g/mol. The third-order valence-corrected chi connectivity index (χ3v) is 4.51. The molecule has 2 heterocycles.